The van der Waals surface area contributed by atoms with Crippen molar-refractivity contribution >= 4 is 11.9 Å². The van der Waals surface area contributed by atoms with Gasteiger partial charge in [-0.25, -0.2) is 9.59 Å². The molecule has 0 radical (unpaired) electrons. The molecule has 12 nitrogen and oxygen atoms in total. The molecule has 0 bridgehead atoms. The van der Waals surface area contributed by atoms with E-state index in [4.69, 9.17) is 28.4 Å². The maximum atomic E-state index is 12.9. The summed E-state index contributed by atoms with van der Waals surface area (Å²) in [6, 6.07) is 1.17. The SMILES string of the molecule is COC1=C(O[C@@H]2OC[C@@H](O)[C@H](O)[C@H]2O)C=C2C(=O)Oc3c(OC)c(O)cc4c3[C@H]2[C@@H]1OC4=O. The first-order valence-corrected chi connectivity index (χ1v) is 9.96. The summed E-state index contributed by atoms with van der Waals surface area (Å²) in [5.74, 6) is -3.11. The third kappa shape index (κ3) is 3.06. The summed E-state index contributed by atoms with van der Waals surface area (Å²) in [5, 5.41) is 40.0. The molecule has 1 saturated heterocycles. The molecule has 1 aromatic carbocycles. The molecule has 176 valence electrons. The Morgan fingerprint density at radius 2 is 1.82 bits per heavy atom. The summed E-state index contributed by atoms with van der Waals surface area (Å²) in [6.07, 6.45) is -5.68. The van der Waals surface area contributed by atoms with E-state index in [0.29, 0.717) is 0 Å². The van der Waals surface area contributed by atoms with Crippen molar-refractivity contribution in [2.24, 2.45) is 0 Å². The van der Waals surface area contributed by atoms with E-state index in [1.54, 1.807) is 0 Å². The Kier molecular flexibility index (Phi) is 4.97. The molecule has 4 aliphatic rings. The number of aliphatic hydroxyl groups excluding tert-OH is 3. The molecule has 33 heavy (non-hydrogen) atoms. The van der Waals surface area contributed by atoms with Crippen molar-refractivity contribution < 1.29 is 58.4 Å². The van der Waals surface area contributed by atoms with Gasteiger partial charge in [0.15, 0.2) is 29.1 Å². The Morgan fingerprint density at radius 1 is 1.06 bits per heavy atom. The molecule has 0 spiro atoms. The molecule has 0 unspecified atom stereocenters. The van der Waals surface area contributed by atoms with Crippen LogP contribution in [0.3, 0.4) is 0 Å². The van der Waals surface area contributed by atoms with Gasteiger partial charge in [0.25, 0.3) is 0 Å². The topological polar surface area (TPSA) is 170 Å². The van der Waals surface area contributed by atoms with Gasteiger partial charge in [0, 0.05) is 5.56 Å². The Bertz CT molecular complexity index is 1100. The van der Waals surface area contributed by atoms with Crippen LogP contribution in [0.25, 0.3) is 0 Å². The Labute approximate surface area is 186 Å². The van der Waals surface area contributed by atoms with Gasteiger partial charge in [0.1, 0.15) is 18.3 Å². The summed E-state index contributed by atoms with van der Waals surface area (Å²) >= 11 is 0. The van der Waals surface area contributed by atoms with E-state index in [1.165, 1.54) is 26.4 Å². The number of rotatable bonds is 4. The quantitative estimate of drug-likeness (QED) is 0.323. The van der Waals surface area contributed by atoms with Gasteiger partial charge in [-0.2, -0.15) is 0 Å². The molecule has 4 N–H and O–H groups in total. The van der Waals surface area contributed by atoms with Gasteiger partial charge < -0.3 is 48.8 Å². The molecule has 5 rings (SSSR count). The highest BCUT2D eigenvalue weighted by molar-refractivity contribution is 6.02. The van der Waals surface area contributed by atoms with Crippen LogP contribution in [0.1, 0.15) is 21.8 Å². The highest BCUT2D eigenvalue weighted by Crippen LogP contribution is 2.55. The Morgan fingerprint density at radius 3 is 2.52 bits per heavy atom. The fourth-order valence-electron chi connectivity index (χ4n) is 4.44. The number of carbonyl (C=O) groups excluding carboxylic acids is 2. The van der Waals surface area contributed by atoms with E-state index >= 15 is 0 Å². The number of ether oxygens (including phenoxy) is 6. The lowest BCUT2D eigenvalue weighted by Crippen LogP contribution is -2.53. The summed E-state index contributed by atoms with van der Waals surface area (Å²) < 4.78 is 32.5. The molecule has 0 saturated carbocycles. The van der Waals surface area contributed by atoms with E-state index in [9.17, 15) is 30.0 Å². The van der Waals surface area contributed by atoms with Gasteiger partial charge in [-0.15, -0.1) is 0 Å². The molecule has 3 aliphatic heterocycles. The average molecular weight is 464 g/mol. The number of carbonyl (C=O) groups is 2. The number of benzene rings is 1. The van der Waals surface area contributed by atoms with Crippen LogP contribution in [0.5, 0.6) is 17.2 Å². The van der Waals surface area contributed by atoms with Crippen LogP contribution >= 0.6 is 0 Å². The van der Waals surface area contributed by atoms with Gasteiger partial charge in [0.2, 0.25) is 12.0 Å². The van der Waals surface area contributed by atoms with E-state index in [2.05, 4.69) is 0 Å². The fraction of sp³-hybridized carbons (Fsp3) is 0.429. The third-order valence-electron chi connectivity index (χ3n) is 6.00. The zero-order valence-electron chi connectivity index (χ0n) is 17.4. The second-order valence-corrected chi connectivity index (χ2v) is 7.81. The highest BCUT2D eigenvalue weighted by Gasteiger charge is 2.53. The Balaban J connectivity index is 1.61. The third-order valence-corrected chi connectivity index (χ3v) is 6.00. The molecule has 12 heteroatoms. The minimum atomic E-state index is -1.61. The smallest absolute Gasteiger partial charge is 0.340 e. The monoisotopic (exact) mass is 464 g/mol. The predicted octanol–water partition coefficient (Wildman–Crippen LogP) is -0.804. The number of aliphatic hydroxyl groups is 3. The van der Waals surface area contributed by atoms with Crippen LogP contribution in [-0.4, -0.2) is 83.9 Å². The van der Waals surface area contributed by atoms with Crippen LogP contribution in [0.2, 0.25) is 0 Å². The number of methoxy groups -OCH3 is 2. The van der Waals surface area contributed by atoms with Crippen LogP contribution in [0.4, 0.5) is 0 Å². The number of aromatic hydroxyl groups is 1. The number of phenols is 1. The standard InChI is InChI=1S/C21H20O12/c1-28-15-8(22)3-6-11-12-7(20(27)32-17(11)15)4-10(16(29-2)18(12)33-19(6)26)31-21-14(25)13(24)9(23)5-30-21/h3-4,9,12-14,18,21-25H,5H2,1-2H3/t9-,12+,13+,14-,18+,21+/m1/s1. The predicted molar refractivity (Wildman–Crippen MR) is 103 cm³/mol. The molecule has 3 heterocycles. The molecule has 0 amide bonds. The van der Waals surface area contributed by atoms with Crippen LogP contribution in [0, 0.1) is 0 Å². The fourth-order valence-corrected chi connectivity index (χ4v) is 4.44. The number of hydrogen-bond acceptors (Lipinski definition) is 12. The first-order valence-electron chi connectivity index (χ1n) is 9.96. The van der Waals surface area contributed by atoms with Crippen molar-refractivity contribution in [2.75, 3.05) is 20.8 Å². The molecule has 1 aromatic rings. The molecular formula is C21H20O12. The van der Waals surface area contributed by atoms with Crippen molar-refractivity contribution in [1.82, 2.24) is 0 Å². The summed E-state index contributed by atoms with van der Waals surface area (Å²) in [6.45, 7) is -0.307. The van der Waals surface area contributed by atoms with Crippen molar-refractivity contribution in [1.29, 1.82) is 0 Å². The van der Waals surface area contributed by atoms with Gasteiger partial charge in [0.05, 0.1) is 37.9 Å². The van der Waals surface area contributed by atoms with E-state index in [0.717, 1.165) is 0 Å². The zero-order valence-corrected chi connectivity index (χ0v) is 17.4. The maximum absolute atomic E-state index is 12.9. The molecule has 0 aromatic heterocycles. The first kappa shape index (κ1) is 21.5. The molecule has 1 fully saturated rings. The van der Waals surface area contributed by atoms with Gasteiger partial charge in [-0.3, -0.25) is 0 Å². The lowest BCUT2D eigenvalue weighted by Gasteiger charge is -2.41. The zero-order chi connectivity index (χ0) is 23.6. The number of esters is 2. The normalized spacial score (nSPS) is 32.3. The summed E-state index contributed by atoms with van der Waals surface area (Å²) in [4.78, 5) is 25.7. The molecule has 6 atom stereocenters. The second-order valence-electron chi connectivity index (χ2n) is 7.81. The van der Waals surface area contributed by atoms with Crippen molar-refractivity contribution in [3.8, 4) is 17.2 Å². The van der Waals surface area contributed by atoms with Crippen LogP contribution in [0.15, 0.2) is 29.2 Å². The lowest BCUT2D eigenvalue weighted by atomic mass is 9.76. The Hall–Kier alpha value is -3.32. The van der Waals surface area contributed by atoms with Crippen LogP contribution < -0.4 is 9.47 Å². The molecular weight excluding hydrogens is 444 g/mol. The number of phenolic OH excluding ortho intramolecular Hbond substituents is 1. The highest BCUT2D eigenvalue weighted by atomic mass is 16.7. The number of hydrogen-bond donors (Lipinski definition) is 4. The van der Waals surface area contributed by atoms with E-state index in [-0.39, 0.29) is 46.3 Å². The second kappa shape index (κ2) is 7.63. The van der Waals surface area contributed by atoms with Crippen LogP contribution in [-0.2, 0) is 23.7 Å². The maximum Gasteiger partial charge on any atom is 0.340 e. The summed E-state index contributed by atoms with van der Waals surface area (Å²) in [7, 11) is 2.58. The van der Waals surface area contributed by atoms with Gasteiger partial charge >= 0.3 is 11.9 Å². The van der Waals surface area contributed by atoms with Crippen molar-refractivity contribution in [3.05, 3.63) is 40.4 Å². The van der Waals surface area contributed by atoms with E-state index < -0.39 is 54.3 Å². The average Bonchev–Trinajstić information content (AvgIpc) is 2.78. The lowest BCUT2D eigenvalue weighted by molar-refractivity contribution is -0.258. The minimum Gasteiger partial charge on any atom is -0.504 e. The van der Waals surface area contributed by atoms with Crippen molar-refractivity contribution in [2.45, 2.75) is 36.6 Å². The van der Waals surface area contributed by atoms with Crippen molar-refractivity contribution in [3.63, 3.8) is 0 Å². The minimum absolute atomic E-state index is 0.00548. The largest absolute Gasteiger partial charge is 0.504 e. The molecule has 1 aliphatic carbocycles. The number of allylic oxidation sites excluding steroid dienone is 1. The summed E-state index contributed by atoms with van der Waals surface area (Å²) in [5.41, 5.74) is 0.361. The van der Waals surface area contributed by atoms with E-state index in [1.807, 2.05) is 0 Å². The van der Waals surface area contributed by atoms with Gasteiger partial charge in [-0.1, -0.05) is 0 Å². The first-order chi connectivity index (χ1) is 15.8. The van der Waals surface area contributed by atoms with Gasteiger partial charge in [-0.05, 0) is 12.1 Å².